The lowest BCUT2D eigenvalue weighted by Gasteiger charge is -2.02. The lowest BCUT2D eigenvalue weighted by Crippen LogP contribution is -2.04. The largest absolute Gasteiger partial charge is 0.478 e. The number of pyridine rings is 1. The molecule has 0 spiro atoms. The van der Waals surface area contributed by atoms with E-state index in [0.29, 0.717) is 29.0 Å². The summed E-state index contributed by atoms with van der Waals surface area (Å²) in [5, 5.41) is 24.2. The van der Waals surface area contributed by atoms with Gasteiger partial charge in [0.25, 0.3) is 0 Å². The average Bonchev–Trinajstić information content (AvgIpc) is 2.99. The van der Waals surface area contributed by atoms with Crippen LogP contribution >= 0.6 is 11.6 Å². The molecule has 0 aromatic carbocycles. The van der Waals surface area contributed by atoms with Crippen LogP contribution in [0.5, 0.6) is 0 Å². The highest BCUT2D eigenvalue weighted by Crippen LogP contribution is 2.28. The van der Waals surface area contributed by atoms with E-state index in [4.69, 9.17) is 16.7 Å². The molecule has 20 heavy (non-hydrogen) atoms. The Morgan fingerprint density at radius 1 is 1.55 bits per heavy atom. The molecule has 0 bridgehead atoms. The third-order valence-corrected chi connectivity index (χ3v) is 3.27. The zero-order valence-electron chi connectivity index (χ0n) is 10.3. The molecule has 0 radical (unpaired) electrons. The van der Waals surface area contributed by atoms with Crippen molar-refractivity contribution in [1.29, 1.82) is 0 Å². The van der Waals surface area contributed by atoms with Crippen molar-refractivity contribution >= 4 is 28.6 Å². The molecule has 3 rings (SSSR count). The molecule has 0 saturated heterocycles. The first-order valence-electron chi connectivity index (χ1n) is 5.68. The van der Waals surface area contributed by atoms with Crippen LogP contribution in [-0.4, -0.2) is 41.3 Å². The zero-order valence-corrected chi connectivity index (χ0v) is 11.1. The van der Waals surface area contributed by atoms with Gasteiger partial charge in [0.1, 0.15) is 5.69 Å². The van der Waals surface area contributed by atoms with Crippen molar-refractivity contribution in [3.63, 3.8) is 0 Å². The van der Waals surface area contributed by atoms with E-state index in [1.54, 1.807) is 17.8 Å². The lowest BCUT2D eigenvalue weighted by molar-refractivity contribution is 0.0697. The second-order valence-electron chi connectivity index (χ2n) is 4.20. The minimum atomic E-state index is -1.12. The highest BCUT2D eigenvalue weighted by atomic mass is 35.5. The number of H-pyrrole nitrogens is 1. The lowest BCUT2D eigenvalue weighted by atomic mass is 10.2. The summed E-state index contributed by atoms with van der Waals surface area (Å²) in [4.78, 5) is 15.2. The van der Waals surface area contributed by atoms with Crippen LogP contribution in [0.1, 0.15) is 21.7 Å². The number of fused-ring (bicyclic) bond motifs is 1. The maximum Gasteiger partial charge on any atom is 0.338 e. The molecular weight excluding hydrogens is 284 g/mol. The van der Waals surface area contributed by atoms with Crippen molar-refractivity contribution in [2.45, 2.75) is 13.5 Å². The van der Waals surface area contributed by atoms with Gasteiger partial charge in [0.15, 0.2) is 5.65 Å². The quantitative estimate of drug-likeness (QED) is 0.752. The SMILES string of the molecule is Cc1nn(Cc2c[nH]nn2)c2ncc(C(=O)O)c(Cl)c12. The van der Waals surface area contributed by atoms with Gasteiger partial charge in [0, 0.05) is 12.4 Å². The van der Waals surface area contributed by atoms with Gasteiger partial charge in [-0.15, -0.1) is 5.10 Å². The van der Waals surface area contributed by atoms with Gasteiger partial charge < -0.3 is 5.11 Å². The number of nitrogens with zero attached hydrogens (tertiary/aromatic N) is 5. The summed E-state index contributed by atoms with van der Waals surface area (Å²) < 4.78 is 1.61. The van der Waals surface area contributed by atoms with Crippen LogP contribution in [0, 0.1) is 6.92 Å². The van der Waals surface area contributed by atoms with Crippen molar-refractivity contribution < 1.29 is 9.90 Å². The van der Waals surface area contributed by atoms with Crippen LogP contribution in [0.3, 0.4) is 0 Å². The number of nitrogens with one attached hydrogen (secondary N) is 1. The molecule has 8 nitrogen and oxygen atoms in total. The Morgan fingerprint density at radius 3 is 3.00 bits per heavy atom. The molecular formula is C11H9ClN6O2. The van der Waals surface area contributed by atoms with Gasteiger partial charge in [-0.2, -0.15) is 5.10 Å². The van der Waals surface area contributed by atoms with Crippen LogP contribution in [0.4, 0.5) is 0 Å². The van der Waals surface area contributed by atoms with Crippen molar-refractivity contribution in [2.24, 2.45) is 0 Å². The van der Waals surface area contributed by atoms with Gasteiger partial charge in [-0.3, -0.25) is 5.10 Å². The molecule has 0 aliphatic rings. The summed E-state index contributed by atoms with van der Waals surface area (Å²) in [5.41, 5.74) is 1.78. The highest BCUT2D eigenvalue weighted by molar-refractivity contribution is 6.38. The monoisotopic (exact) mass is 292 g/mol. The Balaban J connectivity index is 2.17. The molecule has 9 heteroatoms. The molecule has 0 unspecified atom stereocenters. The molecule has 0 atom stereocenters. The Bertz CT molecular complexity index is 795. The Labute approximate surface area is 117 Å². The average molecular weight is 293 g/mol. The van der Waals surface area contributed by atoms with Crippen molar-refractivity contribution in [3.8, 4) is 0 Å². The summed E-state index contributed by atoms with van der Waals surface area (Å²) >= 11 is 6.13. The summed E-state index contributed by atoms with van der Waals surface area (Å²) in [6, 6.07) is 0. The first-order valence-corrected chi connectivity index (χ1v) is 6.06. The van der Waals surface area contributed by atoms with E-state index >= 15 is 0 Å². The number of halogens is 1. The summed E-state index contributed by atoms with van der Waals surface area (Å²) in [5.74, 6) is -1.12. The third-order valence-electron chi connectivity index (χ3n) is 2.88. The van der Waals surface area contributed by atoms with E-state index in [-0.39, 0.29) is 10.6 Å². The number of aromatic amines is 1. The molecule has 0 saturated carbocycles. The molecule has 3 aromatic rings. The number of carboxylic acids is 1. The smallest absolute Gasteiger partial charge is 0.338 e. The van der Waals surface area contributed by atoms with Gasteiger partial charge in [-0.25, -0.2) is 14.5 Å². The number of carboxylic acid groups (broad SMARTS) is 1. The first-order chi connectivity index (χ1) is 9.58. The predicted molar refractivity (Wildman–Crippen MR) is 69.7 cm³/mol. The number of carbonyl (C=O) groups is 1. The van der Waals surface area contributed by atoms with E-state index < -0.39 is 5.97 Å². The number of rotatable bonds is 3. The fraction of sp³-hybridized carbons (Fsp3) is 0.182. The number of aromatic nitrogens is 6. The zero-order chi connectivity index (χ0) is 14.3. The van der Waals surface area contributed by atoms with Crippen molar-refractivity contribution in [3.05, 3.63) is 34.4 Å². The molecule has 2 N–H and O–H groups in total. The van der Waals surface area contributed by atoms with E-state index in [9.17, 15) is 4.79 Å². The highest BCUT2D eigenvalue weighted by Gasteiger charge is 2.19. The third kappa shape index (κ3) is 1.90. The van der Waals surface area contributed by atoms with Crippen molar-refractivity contribution in [2.75, 3.05) is 0 Å². The van der Waals surface area contributed by atoms with Gasteiger partial charge in [-0.1, -0.05) is 16.8 Å². The Kier molecular flexibility index (Phi) is 2.87. The maximum absolute atomic E-state index is 11.1. The summed E-state index contributed by atoms with van der Waals surface area (Å²) in [6.07, 6.45) is 2.88. The minimum Gasteiger partial charge on any atom is -0.478 e. The van der Waals surface area contributed by atoms with E-state index in [2.05, 4.69) is 25.5 Å². The normalized spacial score (nSPS) is 11.1. The predicted octanol–water partition coefficient (Wildman–Crippen LogP) is 1.26. The second-order valence-corrected chi connectivity index (χ2v) is 4.58. The first kappa shape index (κ1) is 12.5. The van der Waals surface area contributed by atoms with Gasteiger partial charge >= 0.3 is 5.97 Å². The van der Waals surface area contributed by atoms with Crippen LogP contribution in [0.2, 0.25) is 5.02 Å². The summed E-state index contributed by atoms with van der Waals surface area (Å²) in [7, 11) is 0. The summed E-state index contributed by atoms with van der Waals surface area (Å²) in [6.45, 7) is 2.12. The maximum atomic E-state index is 11.1. The van der Waals surface area contributed by atoms with Gasteiger partial charge in [0.05, 0.1) is 28.2 Å². The Morgan fingerprint density at radius 2 is 2.35 bits per heavy atom. The number of aryl methyl sites for hydroxylation is 1. The molecule has 3 heterocycles. The minimum absolute atomic E-state index is 0.0387. The van der Waals surface area contributed by atoms with Crippen molar-refractivity contribution in [1.82, 2.24) is 30.2 Å². The van der Waals surface area contributed by atoms with E-state index in [1.165, 1.54) is 6.20 Å². The molecule has 0 aliphatic carbocycles. The van der Waals surface area contributed by atoms with E-state index in [1.807, 2.05) is 0 Å². The van der Waals surface area contributed by atoms with Crippen LogP contribution in [0.15, 0.2) is 12.4 Å². The fourth-order valence-electron chi connectivity index (χ4n) is 1.99. The molecule has 102 valence electrons. The van der Waals surface area contributed by atoms with Crippen LogP contribution in [-0.2, 0) is 6.54 Å². The van der Waals surface area contributed by atoms with Gasteiger partial charge in [0.2, 0.25) is 0 Å². The molecule has 0 aliphatic heterocycles. The standard InChI is InChI=1S/C11H9ClN6O2/c1-5-8-9(12)7(11(19)20)3-13-10(8)18(16-5)4-6-2-14-17-15-6/h2-3H,4H2,1H3,(H,19,20)(H,14,15,17). The Hall–Kier alpha value is -2.48. The van der Waals surface area contributed by atoms with Crippen LogP contribution in [0.25, 0.3) is 11.0 Å². The fourth-order valence-corrected chi connectivity index (χ4v) is 2.34. The number of aromatic carboxylic acids is 1. The van der Waals surface area contributed by atoms with Gasteiger partial charge in [-0.05, 0) is 6.92 Å². The number of hydrogen-bond donors (Lipinski definition) is 2. The van der Waals surface area contributed by atoms with E-state index in [0.717, 1.165) is 0 Å². The number of hydrogen-bond acceptors (Lipinski definition) is 5. The molecule has 0 fully saturated rings. The topological polar surface area (TPSA) is 110 Å². The molecule has 0 amide bonds. The second kappa shape index (κ2) is 4.57. The van der Waals surface area contributed by atoms with Crippen LogP contribution < -0.4 is 0 Å². The molecule has 3 aromatic heterocycles.